The summed E-state index contributed by atoms with van der Waals surface area (Å²) in [5.74, 6) is 3.55. The highest BCUT2D eigenvalue weighted by molar-refractivity contribution is 5.90. The molecule has 4 fully saturated rings. The highest BCUT2D eigenvalue weighted by Gasteiger charge is 2.59. The van der Waals surface area contributed by atoms with Crippen molar-refractivity contribution in [3.05, 3.63) is 35.6 Å². The van der Waals surface area contributed by atoms with Crippen molar-refractivity contribution < 1.29 is 9.18 Å². The Morgan fingerprint density at radius 1 is 1.04 bits per heavy atom. The Morgan fingerprint density at radius 3 is 2.52 bits per heavy atom. The lowest BCUT2D eigenvalue weighted by Crippen LogP contribution is -2.77. The number of hydrazine groups is 1. The third-order valence-corrected chi connectivity index (χ3v) is 7.57. The quantitative estimate of drug-likeness (QED) is 0.829. The fraction of sp³-hybridized carbons (Fsp3) is 0.667. The molecule has 1 amide bonds. The smallest absolute Gasteiger partial charge is 0.258 e. The minimum atomic E-state index is -0.457. The Morgan fingerprint density at radius 2 is 1.76 bits per heavy atom. The number of nitrogens with zero attached hydrogens (tertiary/aromatic N) is 2. The molecule has 3 saturated carbocycles. The number of fused-ring (bicyclic) bond motifs is 1. The number of rotatable bonds is 3. The highest BCUT2D eigenvalue weighted by Crippen LogP contribution is 2.59. The first-order chi connectivity index (χ1) is 11.9. The monoisotopic (exact) mass is 342 g/mol. The zero-order valence-electron chi connectivity index (χ0n) is 15.1. The molecule has 134 valence electrons. The number of hydrogen-bond acceptors (Lipinski definition) is 2. The topological polar surface area (TPSA) is 23.6 Å². The third-order valence-electron chi connectivity index (χ3n) is 7.57. The minimum Gasteiger partial charge on any atom is -0.271 e. The van der Waals surface area contributed by atoms with E-state index >= 15 is 0 Å². The largest absolute Gasteiger partial charge is 0.271 e. The van der Waals surface area contributed by atoms with Gasteiger partial charge in [-0.15, -0.1) is 0 Å². The molecule has 5 unspecified atom stereocenters. The second-order valence-corrected chi connectivity index (χ2v) is 9.19. The van der Waals surface area contributed by atoms with E-state index in [0.717, 1.165) is 29.7 Å². The predicted octanol–water partition coefficient (Wildman–Crippen LogP) is 3.99. The van der Waals surface area contributed by atoms with Crippen molar-refractivity contribution in [1.82, 2.24) is 10.0 Å². The molecule has 3 aliphatic carbocycles. The molecule has 1 aliphatic heterocycles. The van der Waals surface area contributed by atoms with Crippen LogP contribution >= 0.6 is 0 Å². The fourth-order valence-electron chi connectivity index (χ4n) is 6.10. The zero-order valence-corrected chi connectivity index (χ0v) is 15.1. The van der Waals surface area contributed by atoms with Crippen LogP contribution in [0.2, 0.25) is 0 Å². The molecule has 1 aromatic carbocycles. The average Bonchev–Trinajstić information content (AvgIpc) is 2.82. The molecule has 0 aromatic heterocycles. The van der Waals surface area contributed by atoms with Crippen LogP contribution in [0.3, 0.4) is 0 Å². The number of halogens is 1. The minimum absolute atomic E-state index is 0.209. The van der Waals surface area contributed by atoms with E-state index in [1.807, 2.05) is 26.0 Å². The molecule has 0 N–H and O–H groups in total. The molecule has 4 heteroatoms. The summed E-state index contributed by atoms with van der Waals surface area (Å²) in [5.41, 5.74) is 0.606. The molecule has 25 heavy (non-hydrogen) atoms. The normalized spacial score (nSPS) is 38.9. The molecule has 2 bridgehead atoms. The molecule has 4 aliphatic rings. The first-order valence-electron chi connectivity index (χ1n) is 9.81. The van der Waals surface area contributed by atoms with Crippen LogP contribution in [0.25, 0.3) is 0 Å². The Hall–Kier alpha value is -1.42. The molecular weight excluding hydrogens is 315 g/mol. The van der Waals surface area contributed by atoms with Gasteiger partial charge in [0.25, 0.3) is 5.91 Å². The van der Waals surface area contributed by atoms with Crippen LogP contribution in [0.5, 0.6) is 0 Å². The summed E-state index contributed by atoms with van der Waals surface area (Å²) in [7, 11) is 0. The van der Waals surface area contributed by atoms with Crippen molar-refractivity contribution >= 4 is 5.91 Å². The van der Waals surface area contributed by atoms with Gasteiger partial charge >= 0.3 is 0 Å². The van der Waals surface area contributed by atoms with Gasteiger partial charge in [-0.25, -0.2) is 4.39 Å². The van der Waals surface area contributed by atoms with E-state index in [2.05, 4.69) is 10.0 Å². The van der Waals surface area contributed by atoms with Crippen LogP contribution in [0.4, 0.5) is 4.39 Å². The maximum absolute atomic E-state index is 13.2. The number of benzene rings is 1. The third kappa shape index (κ3) is 2.22. The summed E-state index contributed by atoms with van der Waals surface area (Å²) in [6.07, 6.45) is 6.53. The SMILES string of the molecule is CC1(C)C(=O)N(C2CCC3CC4CC2CC34)N1Cc1ccc(F)cc1. The van der Waals surface area contributed by atoms with E-state index in [1.54, 1.807) is 0 Å². The van der Waals surface area contributed by atoms with Crippen molar-refractivity contribution in [2.75, 3.05) is 0 Å². The van der Waals surface area contributed by atoms with Gasteiger partial charge in [-0.05, 0) is 87.3 Å². The fourth-order valence-corrected chi connectivity index (χ4v) is 6.10. The maximum Gasteiger partial charge on any atom is 0.258 e. The summed E-state index contributed by atoms with van der Waals surface area (Å²) < 4.78 is 13.2. The molecule has 1 aromatic rings. The number of carbonyl (C=O) groups is 1. The summed E-state index contributed by atoms with van der Waals surface area (Å²) in [4.78, 5) is 12.9. The first kappa shape index (κ1) is 15.8. The van der Waals surface area contributed by atoms with Gasteiger partial charge in [0.1, 0.15) is 11.4 Å². The summed E-state index contributed by atoms with van der Waals surface area (Å²) in [5, 5.41) is 4.32. The van der Waals surface area contributed by atoms with Gasteiger partial charge in [0, 0.05) is 6.54 Å². The van der Waals surface area contributed by atoms with Gasteiger partial charge in [-0.1, -0.05) is 12.1 Å². The lowest BCUT2D eigenvalue weighted by Gasteiger charge is -2.59. The van der Waals surface area contributed by atoms with Crippen LogP contribution in [-0.4, -0.2) is 27.5 Å². The lowest BCUT2D eigenvalue weighted by atomic mass is 9.64. The molecule has 5 atom stereocenters. The maximum atomic E-state index is 13.2. The van der Waals surface area contributed by atoms with Gasteiger partial charge in [0.05, 0.1) is 6.04 Å². The molecule has 0 radical (unpaired) electrons. The number of amides is 1. The van der Waals surface area contributed by atoms with E-state index < -0.39 is 5.54 Å². The molecule has 1 saturated heterocycles. The number of carbonyl (C=O) groups excluding carboxylic acids is 1. The van der Waals surface area contributed by atoms with Crippen molar-refractivity contribution in [3.63, 3.8) is 0 Å². The Labute approximate surface area is 149 Å². The first-order valence-corrected chi connectivity index (χ1v) is 9.81. The van der Waals surface area contributed by atoms with Crippen LogP contribution in [0, 0.1) is 29.5 Å². The second kappa shape index (κ2) is 5.29. The summed E-state index contributed by atoms with van der Waals surface area (Å²) in [6.45, 7) is 4.71. The molecule has 5 rings (SSSR count). The van der Waals surface area contributed by atoms with Crippen molar-refractivity contribution in [2.24, 2.45) is 23.7 Å². The highest BCUT2D eigenvalue weighted by atomic mass is 19.1. The van der Waals surface area contributed by atoms with E-state index in [4.69, 9.17) is 0 Å². The Kier molecular flexibility index (Phi) is 3.35. The molecular formula is C21H27FN2O. The standard InChI is InChI=1S/C21H27FN2O/c1-21(2)20(25)24(23(21)12-13-3-6-17(22)7-4-13)19-8-5-14-9-15-10-16(19)11-18(14)15/h3-4,6-7,14-16,18-19H,5,8-12H2,1-2H3. The van der Waals surface area contributed by atoms with Crippen molar-refractivity contribution in [1.29, 1.82) is 0 Å². The summed E-state index contributed by atoms with van der Waals surface area (Å²) >= 11 is 0. The van der Waals surface area contributed by atoms with E-state index in [-0.39, 0.29) is 11.7 Å². The average molecular weight is 342 g/mol. The lowest BCUT2D eigenvalue weighted by molar-refractivity contribution is -0.234. The van der Waals surface area contributed by atoms with E-state index in [9.17, 15) is 9.18 Å². The summed E-state index contributed by atoms with van der Waals surface area (Å²) in [6, 6.07) is 7.06. The Balaban J connectivity index is 1.39. The van der Waals surface area contributed by atoms with Crippen LogP contribution in [0.1, 0.15) is 51.5 Å². The van der Waals surface area contributed by atoms with Crippen LogP contribution in [-0.2, 0) is 11.3 Å². The Bertz CT molecular complexity index is 700. The zero-order chi connectivity index (χ0) is 17.3. The van der Waals surface area contributed by atoms with Crippen molar-refractivity contribution in [2.45, 2.75) is 64.1 Å². The van der Waals surface area contributed by atoms with Gasteiger partial charge < -0.3 is 0 Å². The van der Waals surface area contributed by atoms with Crippen molar-refractivity contribution in [3.8, 4) is 0 Å². The molecule has 1 heterocycles. The van der Waals surface area contributed by atoms with Gasteiger partial charge in [0.2, 0.25) is 0 Å². The number of hydrogen-bond donors (Lipinski definition) is 0. The van der Waals surface area contributed by atoms with Crippen LogP contribution < -0.4 is 0 Å². The van der Waals surface area contributed by atoms with E-state index in [0.29, 0.717) is 18.5 Å². The molecule has 3 nitrogen and oxygen atoms in total. The van der Waals surface area contributed by atoms with E-state index in [1.165, 1.54) is 37.8 Å². The van der Waals surface area contributed by atoms with Gasteiger partial charge in [0.15, 0.2) is 0 Å². The van der Waals surface area contributed by atoms with Crippen LogP contribution in [0.15, 0.2) is 24.3 Å². The van der Waals surface area contributed by atoms with Gasteiger partial charge in [-0.3, -0.25) is 9.80 Å². The second-order valence-electron chi connectivity index (χ2n) is 9.19. The predicted molar refractivity (Wildman–Crippen MR) is 93.7 cm³/mol. The molecule has 0 spiro atoms. The van der Waals surface area contributed by atoms with Gasteiger partial charge in [-0.2, -0.15) is 5.01 Å².